The van der Waals surface area contributed by atoms with Crippen LogP contribution >= 0.6 is 11.8 Å². The molecule has 0 spiro atoms. The van der Waals surface area contributed by atoms with Gasteiger partial charge in [0, 0.05) is 5.69 Å². The van der Waals surface area contributed by atoms with Crippen molar-refractivity contribution in [2.24, 2.45) is 0 Å². The normalized spacial score (nSPS) is 16.3. The van der Waals surface area contributed by atoms with Crippen molar-refractivity contribution in [3.05, 3.63) is 95.0 Å². The molecule has 7 nitrogen and oxygen atoms in total. The number of rotatable bonds is 8. The fourth-order valence-electron chi connectivity index (χ4n) is 3.84. The van der Waals surface area contributed by atoms with E-state index >= 15 is 0 Å². The first-order valence-electron chi connectivity index (χ1n) is 11.4. The van der Waals surface area contributed by atoms with Crippen molar-refractivity contribution in [2.75, 3.05) is 23.9 Å². The molecule has 1 atom stereocenters. The molecule has 4 rings (SSSR count). The number of para-hydroxylation sites is 2. The van der Waals surface area contributed by atoms with Gasteiger partial charge >= 0.3 is 0 Å². The summed E-state index contributed by atoms with van der Waals surface area (Å²) in [4.78, 5) is 28.3. The van der Waals surface area contributed by atoms with Crippen molar-refractivity contribution >= 4 is 35.0 Å². The summed E-state index contributed by atoms with van der Waals surface area (Å²) in [5, 5.41) is 12.6. The van der Waals surface area contributed by atoms with E-state index in [1.54, 1.807) is 48.5 Å². The van der Waals surface area contributed by atoms with E-state index in [0.29, 0.717) is 40.9 Å². The number of nitrogens with one attached hydrogen (secondary N) is 1. The molecule has 1 aliphatic rings. The number of amides is 2. The quantitative estimate of drug-likeness (QED) is 0.340. The molecule has 1 N–H and O–H groups in total. The van der Waals surface area contributed by atoms with Crippen molar-refractivity contribution in [3.8, 4) is 17.6 Å². The van der Waals surface area contributed by atoms with Crippen LogP contribution in [-0.2, 0) is 16.0 Å². The van der Waals surface area contributed by atoms with Gasteiger partial charge in [0.05, 0.1) is 24.7 Å². The molecular formula is C28H25N3O4S. The van der Waals surface area contributed by atoms with Crippen LogP contribution in [0.25, 0.3) is 0 Å². The number of hydrogen-bond acceptors (Lipinski definition) is 6. The van der Waals surface area contributed by atoms with Gasteiger partial charge in [-0.1, -0.05) is 54.2 Å². The third-order valence-corrected chi connectivity index (χ3v) is 6.79. The summed E-state index contributed by atoms with van der Waals surface area (Å²) in [5.41, 5.74) is 1.83. The number of anilines is 2. The average molecular weight is 500 g/mol. The van der Waals surface area contributed by atoms with E-state index in [0.717, 1.165) is 5.56 Å². The number of methoxy groups -OCH3 is 1. The lowest BCUT2D eigenvalue weighted by Gasteiger charge is -2.19. The standard InChI is InChI=1S/C28H25N3O4S/c1-3-35-21-15-13-20(14-16-21)31-27(33)25(17-19-9-5-4-6-10-19)36-28(31)22(18-29)26(32)30-23-11-7-8-12-24(23)34-2/h4-16,25H,3,17H2,1-2H3,(H,30,32)/b28-22-. The number of carbonyl (C=O) groups is 2. The predicted molar refractivity (Wildman–Crippen MR) is 141 cm³/mol. The highest BCUT2D eigenvalue weighted by Crippen LogP contribution is 2.42. The zero-order valence-corrected chi connectivity index (χ0v) is 20.7. The van der Waals surface area contributed by atoms with Crippen molar-refractivity contribution in [2.45, 2.75) is 18.6 Å². The lowest BCUT2D eigenvalue weighted by atomic mass is 10.1. The summed E-state index contributed by atoms with van der Waals surface area (Å²) in [5.74, 6) is 0.324. The molecule has 0 aliphatic carbocycles. The summed E-state index contributed by atoms with van der Waals surface area (Å²) in [6, 6.07) is 25.7. The molecule has 1 fully saturated rings. The van der Waals surface area contributed by atoms with Crippen molar-refractivity contribution in [3.63, 3.8) is 0 Å². The minimum absolute atomic E-state index is 0.149. The second kappa shape index (κ2) is 11.5. The molecule has 1 unspecified atom stereocenters. The number of hydrogen-bond donors (Lipinski definition) is 1. The highest BCUT2D eigenvalue weighted by atomic mass is 32.2. The van der Waals surface area contributed by atoms with E-state index in [1.165, 1.54) is 23.8 Å². The lowest BCUT2D eigenvalue weighted by Crippen LogP contribution is -2.30. The monoisotopic (exact) mass is 499 g/mol. The minimum atomic E-state index is -0.617. The third-order valence-electron chi connectivity index (χ3n) is 5.53. The van der Waals surface area contributed by atoms with Gasteiger partial charge < -0.3 is 14.8 Å². The van der Waals surface area contributed by atoms with Gasteiger partial charge in [0.2, 0.25) is 5.91 Å². The SMILES string of the molecule is CCOc1ccc(N2C(=O)C(Cc3ccccc3)S/C2=C(/C#N)C(=O)Nc2ccccc2OC)cc1. The first-order chi connectivity index (χ1) is 17.5. The molecule has 3 aromatic carbocycles. The second-order valence-corrected chi connectivity index (χ2v) is 9.03. The highest BCUT2D eigenvalue weighted by molar-refractivity contribution is 8.05. The van der Waals surface area contributed by atoms with E-state index in [9.17, 15) is 14.9 Å². The van der Waals surface area contributed by atoms with Crippen LogP contribution in [0.2, 0.25) is 0 Å². The topological polar surface area (TPSA) is 91.7 Å². The Bertz CT molecular complexity index is 1320. The number of nitriles is 1. The molecule has 1 heterocycles. The van der Waals surface area contributed by atoms with E-state index in [2.05, 4.69) is 5.32 Å². The molecule has 182 valence electrons. The van der Waals surface area contributed by atoms with Gasteiger partial charge in [-0.2, -0.15) is 5.26 Å². The molecule has 0 saturated carbocycles. The maximum absolute atomic E-state index is 13.6. The Morgan fingerprint density at radius 2 is 1.75 bits per heavy atom. The molecule has 0 radical (unpaired) electrons. The van der Waals surface area contributed by atoms with Gasteiger partial charge in [0.15, 0.2) is 0 Å². The molecule has 1 aliphatic heterocycles. The molecular weight excluding hydrogens is 474 g/mol. The van der Waals surface area contributed by atoms with Crippen LogP contribution in [0.4, 0.5) is 11.4 Å². The van der Waals surface area contributed by atoms with E-state index < -0.39 is 11.2 Å². The van der Waals surface area contributed by atoms with Crippen LogP contribution in [0, 0.1) is 11.3 Å². The smallest absolute Gasteiger partial charge is 0.269 e. The Kier molecular flexibility index (Phi) is 7.93. The number of benzene rings is 3. The number of carbonyl (C=O) groups excluding carboxylic acids is 2. The summed E-state index contributed by atoms with van der Waals surface area (Å²) >= 11 is 1.22. The average Bonchev–Trinajstić information content (AvgIpc) is 3.21. The predicted octanol–water partition coefficient (Wildman–Crippen LogP) is 5.16. The first kappa shape index (κ1) is 24.9. The van der Waals surface area contributed by atoms with Gasteiger partial charge in [-0.05, 0) is 55.3 Å². The van der Waals surface area contributed by atoms with E-state index in [1.807, 2.05) is 43.3 Å². The molecule has 0 aromatic heterocycles. The maximum Gasteiger partial charge on any atom is 0.269 e. The van der Waals surface area contributed by atoms with Crippen LogP contribution in [-0.4, -0.2) is 30.8 Å². The van der Waals surface area contributed by atoms with Crippen molar-refractivity contribution in [1.82, 2.24) is 0 Å². The van der Waals surface area contributed by atoms with E-state index in [-0.39, 0.29) is 11.5 Å². The summed E-state index contributed by atoms with van der Waals surface area (Å²) < 4.78 is 10.8. The Hall–Kier alpha value is -4.22. The third kappa shape index (κ3) is 5.37. The lowest BCUT2D eigenvalue weighted by molar-refractivity contribution is -0.117. The fraction of sp³-hybridized carbons (Fsp3) is 0.179. The zero-order chi connectivity index (χ0) is 25.5. The van der Waals surface area contributed by atoms with Gasteiger partial charge in [-0.15, -0.1) is 0 Å². The Balaban J connectivity index is 1.73. The van der Waals surface area contributed by atoms with E-state index in [4.69, 9.17) is 9.47 Å². The molecule has 3 aromatic rings. The van der Waals surface area contributed by atoms with Gasteiger partial charge in [0.25, 0.3) is 5.91 Å². The molecule has 36 heavy (non-hydrogen) atoms. The molecule has 1 saturated heterocycles. The van der Waals surface area contributed by atoms with Gasteiger partial charge in [-0.25, -0.2) is 0 Å². The van der Waals surface area contributed by atoms with Crippen LogP contribution in [0.3, 0.4) is 0 Å². The van der Waals surface area contributed by atoms with Crippen molar-refractivity contribution in [1.29, 1.82) is 5.26 Å². The van der Waals surface area contributed by atoms with Crippen LogP contribution < -0.4 is 19.7 Å². The Labute approximate surface area is 214 Å². The zero-order valence-electron chi connectivity index (χ0n) is 19.9. The Morgan fingerprint density at radius 1 is 1.06 bits per heavy atom. The largest absolute Gasteiger partial charge is 0.495 e. The Morgan fingerprint density at radius 3 is 2.42 bits per heavy atom. The number of nitrogens with zero attached hydrogens (tertiary/aromatic N) is 2. The molecule has 0 bridgehead atoms. The van der Waals surface area contributed by atoms with Crippen molar-refractivity contribution < 1.29 is 19.1 Å². The van der Waals surface area contributed by atoms with Gasteiger partial charge in [-0.3, -0.25) is 14.5 Å². The van der Waals surface area contributed by atoms with Gasteiger partial charge in [0.1, 0.15) is 28.2 Å². The highest BCUT2D eigenvalue weighted by Gasteiger charge is 2.40. The summed E-state index contributed by atoms with van der Waals surface area (Å²) in [6.07, 6.45) is 0.466. The summed E-state index contributed by atoms with van der Waals surface area (Å²) in [6.45, 7) is 2.41. The second-order valence-electron chi connectivity index (χ2n) is 7.84. The molecule has 8 heteroatoms. The molecule has 2 amide bonds. The first-order valence-corrected chi connectivity index (χ1v) is 12.3. The van der Waals surface area contributed by atoms with Crippen LogP contribution in [0.5, 0.6) is 11.5 Å². The summed E-state index contributed by atoms with van der Waals surface area (Å²) in [7, 11) is 1.50. The maximum atomic E-state index is 13.6. The minimum Gasteiger partial charge on any atom is -0.495 e. The number of ether oxygens (including phenoxy) is 2. The van der Waals surface area contributed by atoms with Crippen LogP contribution in [0.15, 0.2) is 89.5 Å². The van der Waals surface area contributed by atoms with Crippen LogP contribution in [0.1, 0.15) is 12.5 Å². The fourth-order valence-corrected chi connectivity index (χ4v) is 5.15. The number of thioether (sulfide) groups is 1.